The predicted molar refractivity (Wildman–Crippen MR) is 160 cm³/mol. The van der Waals surface area contributed by atoms with Crippen LogP contribution in [-0.2, 0) is 20.9 Å². The molecular weight excluding hydrogens is 512 g/mol. The molecule has 1 atom stereocenters. The van der Waals surface area contributed by atoms with Crippen LogP contribution in [-0.4, -0.2) is 52.5 Å². The number of nitrogens with one attached hydrogen (secondary N) is 3. The topological polar surface area (TPSA) is 124 Å². The molecule has 2 heterocycles. The number of amides is 1. The third-order valence-corrected chi connectivity index (χ3v) is 6.54. The Bertz CT molecular complexity index is 1360. The molecule has 0 aliphatic carbocycles. The second-order valence-electron chi connectivity index (χ2n) is 7.69. The van der Waals surface area contributed by atoms with Crippen LogP contribution < -0.4 is 5.32 Å². The fraction of sp³-hybridized carbons (Fsp3) is 0.276. The Balaban J connectivity index is 0.00000127. The van der Waals surface area contributed by atoms with Crippen LogP contribution >= 0.6 is 11.8 Å². The number of aromatic amines is 1. The van der Waals surface area contributed by atoms with E-state index in [2.05, 4.69) is 27.2 Å². The number of carbonyl (C=O) groups is 2. The molecule has 0 spiro atoms. The van der Waals surface area contributed by atoms with Crippen LogP contribution in [0.1, 0.15) is 44.7 Å². The highest BCUT2D eigenvalue weighted by Crippen LogP contribution is 2.36. The molecule has 0 radical (unpaired) electrons. The van der Waals surface area contributed by atoms with Crippen molar-refractivity contribution in [2.75, 3.05) is 14.2 Å². The zero-order valence-corrected chi connectivity index (χ0v) is 24.1. The normalized spacial score (nSPS) is 13.6. The van der Waals surface area contributed by atoms with E-state index in [4.69, 9.17) is 10.1 Å². The van der Waals surface area contributed by atoms with Crippen LogP contribution in [0.4, 0.5) is 0 Å². The summed E-state index contributed by atoms with van der Waals surface area (Å²) in [5.74, 6) is -1.72. The summed E-state index contributed by atoms with van der Waals surface area (Å²) in [6.45, 7) is 12.3. The molecule has 0 bridgehead atoms. The van der Waals surface area contributed by atoms with Gasteiger partial charge in [-0.1, -0.05) is 88.5 Å². The Kier molecular flexibility index (Phi) is 12.2. The highest BCUT2D eigenvalue weighted by Gasteiger charge is 2.33. The van der Waals surface area contributed by atoms with Crippen molar-refractivity contribution in [3.05, 3.63) is 88.6 Å². The van der Waals surface area contributed by atoms with Crippen molar-refractivity contribution < 1.29 is 14.3 Å². The first-order valence-corrected chi connectivity index (χ1v) is 13.5. The molecule has 0 saturated carbocycles. The molecule has 4 rings (SSSR count). The number of hydrogen-bond acceptors (Lipinski definition) is 8. The van der Waals surface area contributed by atoms with Crippen molar-refractivity contribution in [3.63, 3.8) is 0 Å². The van der Waals surface area contributed by atoms with Crippen molar-refractivity contribution in [1.29, 1.82) is 5.41 Å². The van der Waals surface area contributed by atoms with Gasteiger partial charge < -0.3 is 15.5 Å². The maximum absolute atomic E-state index is 13.3. The number of aromatic nitrogens is 2. The van der Waals surface area contributed by atoms with Crippen molar-refractivity contribution in [1.82, 2.24) is 20.5 Å². The number of thioether (sulfide) groups is 1. The SMILES string of the molecule is C=C1SC(C(C(=O)OC)c2ccccc2)=NN(C)C(C(=O)NCc2cccc3[nH]ncc23)=C1C=N.CC.CC. The maximum Gasteiger partial charge on any atom is 0.319 e. The number of fused-ring (bicyclic) bond motifs is 1. The summed E-state index contributed by atoms with van der Waals surface area (Å²) in [4.78, 5) is 26.5. The fourth-order valence-corrected chi connectivity index (χ4v) is 4.86. The molecule has 1 unspecified atom stereocenters. The number of ether oxygens (including phenoxy) is 1. The number of likely N-dealkylation sites (N-methyl/N-ethyl adjacent to an activating group) is 1. The number of nitrogens with zero attached hydrogens (tertiary/aromatic N) is 3. The minimum Gasteiger partial charge on any atom is -0.468 e. The van der Waals surface area contributed by atoms with Crippen LogP contribution in [0.5, 0.6) is 0 Å². The van der Waals surface area contributed by atoms with Crippen molar-refractivity contribution in [2.45, 2.75) is 40.2 Å². The van der Waals surface area contributed by atoms with Gasteiger partial charge in [0.15, 0.2) is 0 Å². The smallest absolute Gasteiger partial charge is 0.319 e. The lowest BCUT2D eigenvalue weighted by molar-refractivity contribution is -0.140. The molecule has 0 saturated heterocycles. The number of esters is 1. The summed E-state index contributed by atoms with van der Waals surface area (Å²) in [6.07, 6.45) is 2.79. The average molecular weight is 549 g/mol. The number of hydrazone groups is 1. The quantitative estimate of drug-likeness (QED) is 0.261. The summed E-state index contributed by atoms with van der Waals surface area (Å²) in [6, 6.07) is 14.8. The Morgan fingerprint density at radius 1 is 1.15 bits per heavy atom. The van der Waals surface area contributed by atoms with Gasteiger partial charge in [0.1, 0.15) is 16.7 Å². The molecule has 10 heteroatoms. The highest BCUT2D eigenvalue weighted by molar-refractivity contribution is 8.17. The highest BCUT2D eigenvalue weighted by atomic mass is 32.2. The minimum absolute atomic E-state index is 0.156. The van der Waals surface area contributed by atoms with E-state index in [9.17, 15) is 9.59 Å². The molecule has 206 valence electrons. The Morgan fingerprint density at radius 2 is 1.85 bits per heavy atom. The number of benzene rings is 2. The first kappa shape index (κ1) is 31.0. The van der Waals surface area contributed by atoms with Crippen molar-refractivity contribution >= 4 is 45.8 Å². The van der Waals surface area contributed by atoms with E-state index in [0.29, 0.717) is 21.1 Å². The van der Waals surface area contributed by atoms with Gasteiger partial charge in [0, 0.05) is 35.7 Å². The fourth-order valence-electron chi connectivity index (χ4n) is 3.83. The molecule has 3 aromatic rings. The van der Waals surface area contributed by atoms with Crippen LogP contribution in [0.15, 0.2) is 82.6 Å². The molecule has 9 nitrogen and oxygen atoms in total. The lowest BCUT2D eigenvalue weighted by atomic mass is 10.0. The van der Waals surface area contributed by atoms with E-state index in [1.165, 1.54) is 12.1 Å². The molecule has 1 aliphatic heterocycles. The van der Waals surface area contributed by atoms with Gasteiger partial charge >= 0.3 is 5.97 Å². The standard InChI is InChI=1S/C25H24N6O3S.2C2H6/c1-15-18(12-26)22(23(32)27-13-17-10-7-11-20-19(17)14-28-29-20)31(2)30-24(35-15)21(25(33)34-3)16-8-5-4-6-9-16;2*1-2/h4-12,14,21,26H,1,13H2,2-3H3,(H,27,32)(H,28,29);2*1-2H3. The molecule has 1 aromatic heterocycles. The van der Waals surface area contributed by atoms with Gasteiger partial charge in [0.25, 0.3) is 5.91 Å². The minimum atomic E-state index is -0.807. The van der Waals surface area contributed by atoms with E-state index in [1.807, 2.05) is 76.2 Å². The van der Waals surface area contributed by atoms with E-state index in [0.717, 1.165) is 34.4 Å². The van der Waals surface area contributed by atoms with Gasteiger partial charge in [-0.2, -0.15) is 10.2 Å². The third kappa shape index (κ3) is 7.23. The van der Waals surface area contributed by atoms with E-state index >= 15 is 0 Å². The molecule has 1 amide bonds. The largest absolute Gasteiger partial charge is 0.468 e. The average Bonchev–Trinajstić information content (AvgIpc) is 3.42. The van der Waals surface area contributed by atoms with Gasteiger partial charge in [-0.15, -0.1) is 0 Å². The van der Waals surface area contributed by atoms with E-state index in [1.54, 1.807) is 13.2 Å². The first-order chi connectivity index (χ1) is 18.9. The van der Waals surface area contributed by atoms with Crippen LogP contribution in [0.25, 0.3) is 10.9 Å². The monoisotopic (exact) mass is 548 g/mol. The van der Waals surface area contributed by atoms with Crippen LogP contribution in [0, 0.1) is 5.41 Å². The molecule has 1 aliphatic rings. The Hall–Kier alpha value is -4.18. The number of hydrogen-bond donors (Lipinski definition) is 3. The summed E-state index contributed by atoms with van der Waals surface area (Å²) in [5.41, 5.74) is 2.93. The second-order valence-corrected chi connectivity index (χ2v) is 8.81. The first-order valence-electron chi connectivity index (χ1n) is 12.7. The summed E-state index contributed by atoms with van der Waals surface area (Å²) >= 11 is 1.14. The van der Waals surface area contributed by atoms with Crippen LogP contribution in [0.2, 0.25) is 0 Å². The molecule has 3 N–H and O–H groups in total. The Labute approximate surface area is 233 Å². The lowest BCUT2D eigenvalue weighted by Gasteiger charge is -2.20. The number of methoxy groups -OCH3 is 1. The third-order valence-electron chi connectivity index (χ3n) is 5.55. The number of H-pyrrole nitrogens is 1. The zero-order chi connectivity index (χ0) is 28.9. The molecular formula is C29H36N6O3S. The van der Waals surface area contributed by atoms with Crippen molar-refractivity contribution in [3.8, 4) is 0 Å². The predicted octanol–water partition coefficient (Wildman–Crippen LogP) is 5.60. The summed E-state index contributed by atoms with van der Waals surface area (Å²) in [5, 5.41) is 25.1. The molecule has 0 fully saturated rings. The van der Waals surface area contributed by atoms with Gasteiger partial charge in [-0.05, 0) is 17.2 Å². The summed E-state index contributed by atoms with van der Waals surface area (Å²) in [7, 11) is 2.92. The van der Waals surface area contributed by atoms with Gasteiger partial charge in [-0.25, -0.2) is 0 Å². The van der Waals surface area contributed by atoms with Gasteiger partial charge in [0.2, 0.25) is 0 Å². The number of rotatable bonds is 7. The Morgan fingerprint density at radius 3 is 2.49 bits per heavy atom. The number of carbonyl (C=O) groups excluding carboxylic acids is 2. The maximum atomic E-state index is 13.3. The number of allylic oxidation sites excluding steroid dienone is 1. The van der Waals surface area contributed by atoms with Gasteiger partial charge in [0.05, 0.1) is 18.8 Å². The lowest BCUT2D eigenvalue weighted by Crippen LogP contribution is -2.32. The van der Waals surface area contributed by atoms with E-state index < -0.39 is 17.8 Å². The molecule has 2 aromatic carbocycles. The second kappa shape index (κ2) is 15.3. The van der Waals surface area contributed by atoms with Crippen molar-refractivity contribution in [2.24, 2.45) is 5.10 Å². The summed E-state index contributed by atoms with van der Waals surface area (Å²) < 4.78 is 5.05. The van der Waals surface area contributed by atoms with E-state index in [-0.39, 0.29) is 12.2 Å². The zero-order valence-electron chi connectivity index (χ0n) is 23.2. The molecule has 39 heavy (non-hydrogen) atoms. The van der Waals surface area contributed by atoms with Gasteiger partial charge in [-0.3, -0.25) is 19.7 Å². The van der Waals surface area contributed by atoms with Crippen LogP contribution in [0.3, 0.4) is 0 Å².